The Morgan fingerprint density at radius 2 is 2.12 bits per heavy atom. The van der Waals surface area contributed by atoms with Crippen molar-refractivity contribution in [3.8, 4) is 11.6 Å². The quantitative estimate of drug-likeness (QED) is 0.732. The van der Waals surface area contributed by atoms with E-state index in [0.29, 0.717) is 30.6 Å². The van der Waals surface area contributed by atoms with Crippen LogP contribution in [0.3, 0.4) is 0 Å². The van der Waals surface area contributed by atoms with Crippen LogP contribution in [0.15, 0.2) is 28.8 Å². The van der Waals surface area contributed by atoms with Gasteiger partial charge in [-0.3, -0.25) is 0 Å². The van der Waals surface area contributed by atoms with Gasteiger partial charge in [0.05, 0.1) is 18.8 Å². The number of aromatic nitrogens is 5. The van der Waals surface area contributed by atoms with Crippen LogP contribution in [0.25, 0.3) is 11.6 Å². The molecular weight excluding hydrogens is 313 g/mol. The lowest BCUT2D eigenvalue weighted by molar-refractivity contribution is -0.00120. The lowest BCUT2D eigenvalue weighted by Crippen LogP contribution is -2.22. The van der Waals surface area contributed by atoms with Gasteiger partial charge in [-0.1, -0.05) is 29.4 Å². The van der Waals surface area contributed by atoms with E-state index in [1.807, 2.05) is 0 Å². The van der Waals surface area contributed by atoms with E-state index in [2.05, 4.69) is 27.4 Å². The largest absolute Gasteiger partial charge is 0.365 e. The van der Waals surface area contributed by atoms with E-state index in [0.717, 1.165) is 24.1 Å². The van der Waals surface area contributed by atoms with E-state index >= 15 is 0 Å². The van der Waals surface area contributed by atoms with Gasteiger partial charge in [0, 0.05) is 6.42 Å². The molecule has 124 valence electrons. The van der Waals surface area contributed by atoms with Gasteiger partial charge >= 0.3 is 0 Å². The van der Waals surface area contributed by atoms with Gasteiger partial charge in [-0.15, -0.1) is 5.10 Å². The SMILES string of the molecule is CCCc1noc(-c2nnn3c2CO[C@@H](c2ccc(F)cc2)C3)n1. The minimum atomic E-state index is -0.266. The molecule has 0 radical (unpaired) electrons. The van der Waals surface area contributed by atoms with Crippen LogP contribution in [0, 0.1) is 5.82 Å². The number of nitrogens with zero attached hydrogens (tertiary/aromatic N) is 5. The number of hydrogen-bond acceptors (Lipinski definition) is 6. The molecule has 0 fully saturated rings. The Bertz CT molecular complexity index is 843. The molecule has 0 spiro atoms. The fourth-order valence-corrected chi connectivity index (χ4v) is 2.73. The lowest BCUT2D eigenvalue weighted by atomic mass is 10.1. The van der Waals surface area contributed by atoms with Gasteiger partial charge in [-0.05, 0) is 24.1 Å². The molecule has 0 bridgehead atoms. The number of aryl methyl sites for hydroxylation is 1. The van der Waals surface area contributed by atoms with Crippen molar-refractivity contribution in [3.05, 3.63) is 47.2 Å². The van der Waals surface area contributed by atoms with Crippen LogP contribution in [0.2, 0.25) is 0 Å². The standard InChI is InChI=1S/C16H16FN5O2/c1-2-3-14-18-16(24-20-14)15-12-9-23-13(8-22(12)21-19-15)10-4-6-11(17)7-5-10/h4-7,13H,2-3,8-9H2,1H3/t13-/m1/s1. The van der Waals surface area contributed by atoms with Gasteiger partial charge < -0.3 is 9.26 Å². The summed E-state index contributed by atoms with van der Waals surface area (Å²) in [6.07, 6.45) is 1.52. The number of rotatable bonds is 4. The molecule has 1 aromatic carbocycles. The number of ether oxygens (including phenoxy) is 1. The molecular formula is C16H16FN5O2. The van der Waals surface area contributed by atoms with Gasteiger partial charge in [0.15, 0.2) is 11.5 Å². The van der Waals surface area contributed by atoms with Crippen LogP contribution in [0.5, 0.6) is 0 Å². The van der Waals surface area contributed by atoms with Crippen LogP contribution in [0.1, 0.15) is 36.5 Å². The van der Waals surface area contributed by atoms with Gasteiger partial charge in [0.25, 0.3) is 5.89 Å². The lowest BCUT2D eigenvalue weighted by Gasteiger charge is -2.24. The van der Waals surface area contributed by atoms with Crippen LogP contribution >= 0.6 is 0 Å². The maximum Gasteiger partial charge on any atom is 0.280 e. The predicted octanol–water partition coefficient (Wildman–Crippen LogP) is 2.69. The van der Waals surface area contributed by atoms with E-state index in [4.69, 9.17) is 9.26 Å². The van der Waals surface area contributed by atoms with E-state index in [1.54, 1.807) is 16.8 Å². The van der Waals surface area contributed by atoms with Crippen LogP contribution < -0.4 is 0 Å². The molecule has 3 heterocycles. The average Bonchev–Trinajstić information content (AvgIpc) is 3.21. The van der Waals surface area contributed by atoms with E-state index in [-0.39, 0.29) is 11.9 Å². The molecule has 1 aliphatic rings. The molecule has 3 aromatic rings. The van der Waals surface area contributed by atoms with Crippen molar-refractivity contribution in [2.75, 3.05) is 0 Å². The molecule has 0 amide bonds. The monoisotopic (exact) mass is 329 g/mol. The third kappa shape index (κ3) is 2.69. The molecule has 0 unspecified atom stereocenters. The molecule has 2 aromatic heterocycles. The highest BCUT2D eigenvalue weighted by Gasteiger charge is 2.27. The first-order chi connectivity index (χ1) is 11.7. The van der Waals surface area contributed by atoms with Crippen LogP contribution in [-0.4, -0.2) is 25.1 Å². The van der Waals surface area contributed by atoms with Crippen molar-refractivity contribution >= 4 is 0 Å². The Balaban J connectivity index is 1.57. The second-order valence-corrected chi connectivity index (χ2v) is 5.68. The fourth-order valence-electron chi connectivity index (χ4n) is 2.73. The molecule has 0 N–H and O–H groups in total. The van der Waals surface area contributed by atoms with Crippen molar-refractivity contribution in [2.24, 2.45) is 0 Å². The third-order valence-corrected chi connectivity index (χ3v) is 3.98. The Morgan fingerprint density at radius 1 is 1.29 bits per heavy atom. The summed E-state index contributed by atoms with van der Waals surface area (Å²) in [6, 6.07) is 6.29. The van der Waals surface area contributed by atoms with Crippen molar-refractivity contribution < 1.29 is 13.7 Å². The highest BCUT2D eigenvalue weighted by atomic mass is 19.1. The normalized spacial score (nSPS) is 17.0. The first kappa shape index (κ1) is 14.9. The van der Waals surface area contributed by atoms with Gasteiger partial charge in [-0.25, -0.2) is 9.07 Å². The molecule has 1 atom stereocenters. The molecule has 7 nitrogen and oxygen atoms in total. The van der Waals surface area contributed by atoms with Gasteiger partial charge in [-0.2, -0.15) is 4.98 Å². The average molecular weight is 329 g/mol. The van der Waals surface area contributed by atoms with Crippen molar-refractivity contribution in [3.63, 3.8) is 0 Å². The summed E-state index contributed by atoms with van der Waals surface area (Å²) in [5.41, 5.74) is 2.27. The first-order valence-electron chi connectivity index (χ1n) is 7.87. The third-order valence-electron chi connectivity index (χ3n) is 3.98. The molecule has 0 saturated carbocycles. The zero-order valence-corrected chi connectivity index (χ0v) is 13.1. The Morgan fingerprint density at radius 3 is 2.92 bits per heavy atom. The van der Waals surface area contributed by atoms with E-state index in [9.17, 15) is 4.39 Å². The van der Waals surface area contributed by atoms with Crippen molar-refractivity contribution in [1.82, 2.24) is 25.1 Å². The summed E-state index contributed by atoms with van der Waals surface area (Å²) in [4.78, 5) is 4.35. The molecule has 0 saturated heterocycles. The minimum absolute atomic E-state index is 0.189. The summed E-state index contributed by atoms with van der Waals surface area (Å²) < 4.78 is 26.0. The van der Waals surface area contributed by atoms with Crippen molar-refractivity contribution in [1.29, 1.82) is 0 Å². The second kappa shape index (κ2) is 6.12. The highest BCUT2D eigenvalue weighted by molar-refractivity contribution is 5.49. The maximum atomic E-state index is 13.0. The number of benzene rings is 1. The topological polar surface area (TPSA) is 78.9 Å². The number of hydrogen-bond donors (Lipinski definition) is 0. The number of fused-ring (bicyclic) bond motifs is 1. The fraction of sp³-hybridized carbons (Fsp3) is 0.375. The number of halogens is 1. The van der Waals surface area contributed by atoms with Gasteiger partial charge in [0.2, 0.25) is 0 Å². The predicted molar refractivity (Wildman–Crippen MR) is 81.2 cm³/mol. The minimum Gasteiger partial charge on any atom is -0.365 e. The highest BCUT2D eigenvalue weighted by Crippen LogP contribution is 2.30. The summed E-state index contributed by atoms with van der Waals surface area (Å²) >= 11 is 0. The molecule has 8 heteroatoms. The summed E-state index contributed by atoms with van der Waals surface area (Å²) in [5.74, 6) is 0.760. The molecule has 4 rings (SSSR count). The zero-order chi connectivity index (χ0) is 16.5. The van der Waals surface area contributed by atoms with Crippen LogP contribution in [0.4, 0.5) is 4.39 Å². The first-order valence-corrected chi connectivity index (χ1v) is 7.87. The second-order valence-electron chi connectivity index (χ2n) is 5.68. The smallest absolute Gasteiger partial charge is 0.280 e. The Labute approximate surface area is 137 Å². The summed E-state index contributed by atoms with van der Waals surface area (Å²) in [7, 11) is 0. The van der Waals surface area contributed by atoms with Crippen LogP contribution in [-0.2, 0) is 24.3 Å². The Kier molecular flexibility index (Phi) is 3.81. The van der Waals surface area contributed by atoms with E-state index < -0.39 is 0 Å². The molecule has 24 heavy (non-hydrogen) atoms. The molecule has 1 aliphatic heterocycles. The maximum absolute atomic E-state index is 13.0. The zero-order valence-electron chi connectivity index (χ0n) is 13.1. The Hall–Kier alpha value is -2.61. The summed E-state index contributed by atoms with van der Waals surface area (Å²) in [5, 5.41) is 12.3. The van der Waals surface area contributed by atoms with Gasteiger partial charge in [0.1, 0.15) is 11.9 Å². The van der Waals surface area contributed by atoms with E-state index in [1.165, 1.54) is 12.1 Å². The van der Waals surface area contributed by atoms with Crippen molar-refractivity contribution in [2.45, 2.75) is 39.0 Å². The molecule has 0 aliphatic carbocycles. The summed E-state index contributed by atoms with van der Waals surface area (Å²) in [6.45, 7) is 2.89.